The van der Waals surface area contributed by atoms with Crippen LogP contribution in [0.25, 0.3) is 0 Å². The number of para-hydroxylation sites is 1. The monoisotopic (exact) mass is 329 g/mol. The highest BCUT2D eigenvalue weighted by Crippen LogP contribution is 2.37. The molecule has 124 valence electrons. The van der Waals surface area contributed by atoms with Gasteiger partial charge in [0, 0.05) is 11.3 Å². The van der Waals surface area contributed by atoms with Gasteiger partial charge in [0.25, 0.3) is 5.91 Å². The van der Waals surface area contributed by atoms with E-state index in [0.29, 0.717) is 0 Å². The molecule has 1 amide bonds. The second kappa shape index (κ2) is 6.44. The molecule has 3 nitrogen and oxygen atoms in total. The molecule has 3 heteroatoms. The number of anilines is 1. The quantitative estimate of drug-likeness (QED) is 0.700. The number of nitrogens with zero attached hydrogens (tertiary/aromatic N) is 1. The van der Waals surface area contributed by atoms with Gasteiger partial charge in [0.1, 0.15) is 5.75 Å². The topological polar surface area (TPSA) is 29.5 Å². The van der Waals surface area contributed by atoms with Crippen molar-refractivity contribution in [2.45, 2.75) is 12.5 Å². The van der Waals surface area contributed by atoms with E-state index < -0.39 is 0 Å². The SMILES string of the molecule is COc1ccc(C2Cc3ccccc3C(=O)N2c2ccccc2)cc1. The Labute approximate surface area is 147 Å². The lowest BCUT2D eigenvalue weighted by atomic mass is 9.89. The predicted molar refractivity (Wildman–Crippen MR) is 99.1 cm³/mol. The molecule has 0 radical (unpaired) electrons. The first-order valence-corrected chi connectivity index (χ1v) is 8.38. The molecule has 4 rings (SSSR count). The first-order valence-electron chi connectivity index (χ1n) is 8.38. The van der Waals surface area contributed by atoms with Crippen molar-refractivity contribution in [3.05, 3.63) is 95.6 Å². The molecule has 0 saturated carbocycles. The number of carbonyl (C=O) groups is 1. The Morgan fingerprint density at radius 3 is 2.28 bits per heavy atom. The van der Waals surface area contributed by atoms with Gasteiger partial charge < -0.3 is 9.64 Å². The maximum absolute atomic E-state index is 13.2. The van der Waals surface area contributed by atoms with Crippen LogP contribution >= 0.6 is 0 Å². The molecule has 0 fully saturated rings. The molecular formula is C22H19NO2. The third-order valence-electron chi connectivity index (χ3n) is 4.73. The van der Waals surface area contributed by atoms with Gasteiger partial charge >= 0.3 is 0 Å². The van der Waals surface area contributed by atoms with Gasteiger partial charge in [-0.25, -0.2) is 0 Å². The van der Waals surface area contributed by atoms with E-state index in [1.165, 1.54) is 0 Å². The lowest BCUT2D eigenvalue weighted by Crippen LogP contribution is -2.40. The number of benzene rings is 3. The summed E-state index contributed by atoms with van der Waals surface area (Å²) in [6.45, 7) is 0. The molecule has 1 aliphatic rings. The van der Waals surface area contributed by atoms with Crippen molar-refractivity contribution in [3.63, 3.8) is 0 Å². The lowest BCUT2D eigenvalue weighted by Gasteiger charge is -2.37. The fourth-order valence-electron chi connectivity index (χ4n) is 3.46. The Kier molecular flexibility index (Phi) is 3.98. The lowest BCUT2D eigenvalue weighted by molar-refractivity contribution is 0.0967. The maximum atomic E-state index is 13.2. The number of rotatable bonds is 3. The highest BCUT2D eigenvalue weighted by atomic mass is 16.5. The fraction of sp³-hybridized carbons (Fsp3) is 0.136. The van der Waals surface area contributed by atoms with E-state index in [-0.39, 0.29) is 11.9 Å². The van der Waals surface area contributed by atoms with Crippen LogP contribution in [0.15, 0.2) is 78.9 Å². The molecule has 0 aliphatic carbocycles. The van der Waals surface area contributed by atoms with Crippen molar-refractivity contribution < 1.29 is 9.53 Å². The molecule has 0 bridgehead atoms. The number of amides is 1. The van der Waals surface area contributed by atoms with Crippen molar-refractivity contribution >= 4 is 11.6 Å². The Hall–Kier alpha value is -3.07. The predicted octanol–water partition coefficient (Wildman–Crippen LogP) is 4.64. The third kappa shape index (κ3) is 2.78. The Bertz CT molecular complexity index is 887. The molecule has 3 aromatic carbocycles. The average Bonchev–Trinajstić information content (AvgIpc) is 2.69. The molecule has 3 aromatic rings. The Morgan fingerprint density at radius 1 is 0.880 bits per heavy atom. The zero-order chi connectivity index (χ0) is 17.2. The van der Waals surface area contributed by atoms with E-state index in [1.54, 1.807) is 7.11 Å². The minimum absolute atomic E-state index is 0.0318. The molecule has 0 spiro atoms. The van der Waals surface area contributed by atoms with Gasteiger partial charge in [-0.15, -0.1) is 0 Å². The van der Waals surface area contributed by atoms with Crippen molar-refractivity contribution in [1.29, 1.82) is 0 Å². The normalized spacial score (nSPS) is 16.4. The summed E-state index contributed by atoms with van der Waals surface area (Å²) in [7, 11) is 1.66. The molecule has 1 unspecified atom stereocenters. The third-order valence-corrected chi connectivity index (χ3v) is 4.73. The van der Waals surface area contributed by atoms with Gasteiger partial charge in [-0.3, -0.25) is 4.79 Å². The summed E-state index contributed by atoms with van der Waals surface area (Å²) in [5.41, 5.74) is 3.91. The minimum Gasteiger partial charge on any atom is -0.497 e. The number of carbonyl (C=O) groups excluding carboxylic acids is 1. The van der Waals surface area contributed by atoms with Gasteiger partial charge in [0.2, 0.25) is 0 Å². The van der Waals surface area contributed by atoms with E-state index in [0.717, 1.165) is 34.5 Å². The van der Waals surface area contributed by atoms with Crippen LogP contribution in [0.4, 0.5) is 5.69 Å². The number of hydrogen-bond acceptors (Lipinski definition) is 2. The van der Waals surface area contributed by atoms with Crippen LogP contribution in [0.1, 0.15) is 27.5 Å². The van der Waals surface area contributed by atoms with Crippen molar-refractivity contribution in [3.8, 4) is 5.75 Å². The largest absolute Gasteiger partial charge is 0.497 e. The molecule has 1 heterocycles. The summed E-state index contributed by atoms with van der Waals surface area (Å²) in [4.78, 5) is 15.1. The summed E-state index contributed by atoms with van der Waals surface area (Å²) >= 11 is 0. The summed E-state index contributed by atoms with van der Waals surface area (Å²) in [5, 5.41) is 0. The molecule has 0 saturated heterocycles. The highest BCUT2D eigenvalue weighted by molar-refractivity contribution is 6.08. The van der Waals surface area contributed by atoms with Crippen LogP contribution in [0.2, 0.25) is 0 Å². The number of methoxy groups -OCH3 is 1. The van der Waals surface area contributed by atoms with Gasteiger partial charge in [-0.1, -0.05) is 48.5 Å². The van der Waals surface area contributed by atoms with Gasteiger partial charge in [0.15, 0.2) is 0 Å². The van der Waals surface area contributed by atoms with E-state index in [4.69, 9.17) is 4.74 Å². The second-order valence-electron chi connectivity index (χ2n) is 6.16. The highest BCUT2D eigenvalue weighted by Gasteiger charge is 2.34. The molecule has 0 aromatic heterocycles. The number of hydrogen-bond donors (Lipinski definition) is 0. The first-order chi connectivity index (χ1) is 12.3. The van der Waals surface area contributed by atoms with Gasteiger partial charge in [0.05, 0.1) is 13.2 Å². The molecule has 1 atom stereocenters. The minimum atomic E-state index is -0.0318. The van der Waals surface area contributed by atoms with Gasteiger partial charge in [-0.2, -0.15) is 0 Å². The summed E-state index contributed by atoms with van der Waals surface area (Å²) in [6.07, 6.45) is 0.795. The molecule has 0 N–H and O–H groups in total. The van der Waals surface area contributed by atoms with Crippen LogP contribution in [0.3, 0.4) is 0 Å². The first kappa shape index (κ1) is 15.5. The average molecular weight is 329 g/mol. The molecule has 25 heavy (non-hydrogen) atoms. The van der Waals surface area contributed by atoms with Crippen LogP contribution in [0, 0.1) is 0 Å². The van der Waals surface area contributed by atoms with Crippen molar-refractivity contribution in [2.24, 2.45) is 0 Å². The van der Waals surface area contributed by atoms with Crippen LogP contribution in [-0.4, -0.2) is 13.0 Å². The van der Waals surface area contributed by atoms with Crippen molar-refractivity contribution in [1.82, 2.24) is 0 Å². The summed E-state index contributed by atoms with van der Waals surface area (Å²) in [6, 6.07) is 25.7. The summed E-state index contributed by atoms with van der Waals surface area (Å²) in [5.74, 6) is 0.867. The molecule has 1 aliphatic heterocycles. The van der Waals surface area contributed by atoms with Crippen molar-refractivity contribution in [2.75, 3.05) is 12.0 Å². The van der Waals surface area contributed by atoms with Crippen LogP contribution < -0.4 is 9.64 Å². The fourth-order valence-corrected chi connectivity index (χ4v) is 3.46. The van der Waals surface area contributed by atoms with E-state index in [1.807, 2.05) is 83.8 Å². The summed E-state index contributed by atoms with van der Waals surface area (Å²) < 4.78 is 5.26. The second-order valence-corrected chi connectivity index (χ2v) is 6.16. The smallest absolute Gasteiger partial charge is 0.259 e. The van der Waals surface area contributed by atoms with Crippen LogP contribution in [0.5, 0.6) is 5.75 Å². The van der Waals surface area contributed by atoms with Gasteiger partial charge in [-0.05, 0) is 47.9 Å². The maximum Gasteiger partial charge on any atom is 0.259 e. The molecular weight excluding hydrogens is 310 g/mol. The van der Waals surface area contributed by atoms with Crippen LogP contribution in [-0.2, 0) is 6.42 Å². The Morgan fingerprint density at radius 2 is 1.56 bits per heavy atom. The zero-order valence-electron chi connectivity index (χ0n) is 14.1. The number of ether oxygens (including phenoxy) is 1. The number of fused-ring (bicyclic) bond motifs is 1. The van der Waals surface area contributed by atoms with E-state index in [9.17, 15) is 4.79 Å². The van der Waals surface area contributed by atoms with E-state index in [2.05, 4.69) is 0 Å². The zero-order valence-corrected chi connectivity index (χ0v) is 14.1. The standard InChI is InChI=1S/C22H19NO2/c1-25-19-13-11-16(12-14-19)21-15-17-7-5-6-10-20(17)22(24)23(21)18-8-3-2-4-9-18/h2-14,21H,15H2,1H3. The van der Waals surface area contributed by atoms with E-state index >= 15 is 0 Å². The Balaban J connectivity index is 1.82.